The standard InChI is InChI=1S/C31H28FN3O4S2/c1-3-4-17-39-24-15-11-22(12-16-24)27(36)25-26(21-9-13-23(32)14-10-21)35(29(38)28(25)37)30-33-34-31(41-30)40-18-20-7-5-19(2)6-8-20/h5-16,26,36H,3-4,17-18H2,1-2H3. The van der Waals surface area contributed by atoms with Crippen LogP contribution >= 0.6 is 23.1 Å². The van der Waals surface area contributed by atoms with Crippen LogP contribution in [0.2, 0.25) is 0 Å². The van der Waals surface area contributed by atoms with Crippen molar-refractivity contribution in [2.24, 2.45) is 0 Å². The summed E-state index contributed by atoms with van der Waals surface area (Å²) in [6, 6.07) is 19.3. The first-order chi connectivity index (χ1) is 19.9. The Balaban J connectivity index is 1.47. The number of aromatic nitrogens is 2. The normalized spacial score (nSPS) is 16.4. The van der Waals surface area contributed by atoms with Crippen molar-refractivity contribution in [3.63, 3.8) is 0 Å². The molecule has 1 fully saturated rings. The molecule has 2 heterocycles. The minimum absolute atomic E-state index is 0.106. The maximum Gasteiger partial charge on any atom is 0.301 e. The Morgan fingerprint density at radius 2 is 1.73 bits per heavy atom. The monoisotopic (exact) mass is 589 g/mol. The minimum Gasteiger partial charge on any atom is -0.507 e. The number of carbonyl (C=O) groups excluding carboxylic acids is 2. The second kappa shape index (κ2) is 12.7. The van der Waals surface area contributed by atoms with E-state index in [0.29, 0.717) is 33.6 Å². The molecule has 41 heavy (non-hydrogen) atoms. The number of carbonyl (C=O) groups is 2. The molecule has 210 valence electrons. The Labute approximate surface area is 245 Å². The van der Waals surface area contributed by atoms with Crippen LogP contribution in [0.4, 0.5) is 9.52 Å². The summed E-state index contributed by atoms with van der Waals surface area (Å²) in [4.78, 5) is 28.0. The summed E-state index contributed by atoms with van der Waals surface area (Å²) in [5.41, 5.74) is 2.99. The number of benzene rings is 3. The van der Waals surface area contributed by atoms with Crippen LogP contribution in [0.3, 0.4) is 0 Å². The third kappa shape index (κ3) is 6.34. The van der Waals surface area contributed by atoms with Crippen LogP contribution in [0.1, 0.15) is 48.1 Å². The highest BCUT2D eigenvalue weighted by molar-refractivity contribution is 8.00. The van der Waals surface area contributed by atoms with Gasteiger partial charge in [0.2, 0.25) is 5.13 Å². The number of aryl methyl sites for hydroxylation is 1. The van der Waals surface area contributed by atoms with Crippen molar-refractivity contribution in [3.8, 4) is 5.75 Å². The third-order valence-corrected chi connectivity index (χ3v) is 8.74. The quantitative estimate of drug-likeness (QED) is 0.0528. The number of aliphatic hydroxyl groups is 1. The maximum absolute atomic E-state index is 13.8. The van der Waals surface area contributed by atoms with Crippen molar-refractivity contribution in [1.29, 1.82) is 0 Å². The van der Waals surface area contributed by atoms with Crippen LogP contribution in [0, 0.1) is 12.7 Å². The Morgan fingerprint density at radius 1 is 1.02 bits per heavy atom. The van der Waals surface area contributed by atoms with E-state index in [-0.39, 0.29) is 16.5 Å². The van der Waals surface area contributed by atoms with E-state index in [9.17, 15) is 19.1 Å². The fourth-order valence-corrected chi connectivity index (χ4v) is 6.20. The lowest BCUT2D eigenvalue weighted by molar-refractivity contribution is -0.132. The van der Waals surface area contributed by atoms with Crippen LogP contribution in [0.5, 0.6) is 5.75 Å². The van der Waals surface area contributed by atoms with Crippen molar-refractivity contribution in [2.75, 3.05) is 11.5 Å². The van der Waals surface area contributed by atoms with E-state index >= 15 is 0 Å². The van der Waals surface area contributed by atoms with Gasteiger partial charge in [0.05, 0.1) is 18.2 Å². The number of rotatable bonds is 10. The number of Topliss-reactive ketones (excluding diaryl/α,β-unsaturated/α-hetero) is 1. The topological polar surface area (TPSA) is 92.6 Å². The van der Waals surface area contributed by atoms with Crippen LogP contribution in [0.15, 0.2) is 82.7 Å². The zero-order valence-corrected chi connectivity index (χ0v) is 24.2. The lowest BCUT2D eigenvalue weighted by atomic mass is 9.95. The van der Waals surface area contributed by atoms with Crippen molar-refractivity contribution in [3.05, 3.63) is 106 Å². The molecule has 0 bridgehead atoms. The highest BCUT2D eigenvalue weighted by Gasteiger charge is 2.48. The van der Waals surface area contributed by atoms with Gasteiger partial charge < -0.3 is 9.84 Å². The second-order valence-corrected chi connectivity index (χ2v) is 11.8. The fraction of sp³-hybridized carbons (Fsp3) is 0.226. The van der Waals surface area contributed by atoms with E-state index in [0.717, 1.165) is 18.4 Å². The van der Waals surface area contributed by atoms with Crippen LogP contribution in [0.25, 0.3) is 5.76 Å². The third-order valence-electron chi connectivity index (χ3n) is 6.61. The summed E-state index contributed by atoms with van der Waals surface area (Å²) < 4.78 is 20.1. The van der Waals surface area contributed by atoms with Crippen LogP contribution in [-0.4, -0.2) is 33.6 Å². The largest absolute Gasteiger partial charge is 0.507 e. The molecule has 1 aromatic heterocycles. The number of ether oxygens (including phenoxy) is 1. The summed E-state index contributed by atoms with van der Waals surface area (Å²) in [7, 11) is 0. The Morgan fingerprint density at radius 3 is 2.41 bits per heavy atom. The number of ketones is 1. The number of halogens is 1. The number of hydrogen-bond acceptors (Lipinski definition) is 8. The van der Waals surface area contributed by atoms with Gasteiger partial charge >= 0.3 is 5.91 Å². The van der Waals surface area contributed by atoms with Gasteiger partial charge in [0.25, 0.3) is 5.78 Å². The van der Waals surface area contributed by atoms with E-state index in [1.165, 1.54) is 57.8 Å². The summed E-state index contributed by atoms with van der Waals surface area (Å²) in [6.45, 7) is 4.67. The highest BCUT2D eigenvalue weighted by Crippen LogP contribution is 2.44. The molecule has 1 amide bonds. The summed E-state index contributed by atoms with van der Waals surface area (Å²) >= 11 is 2.65. The molecule has 10 heteroatoms. The van der Waals surface area contributed by atoms with Gasteiger partial charge in [-0.1, -0.05) is 78.4 Å². The van der Waals surface area contributed by atoms with Crippen LogP contribution in [-0.2, 0) is 15.3 Å². The number of aliphatic hydroxyl groups excluding tert-OH is 1. The second-order valence-electron chi connectivity index (χ2n) is 9.57. The van der Waals surface area contributed by atoms with E-state index in [1.54, 1.807) is 24.3 Å². The number of amides is 1. The molecular weight excluding hydrogens is 561 g/mol. The first-order valence-corrected chi connectivity index (χ1v) is 15.0. The van der Waals surface area contributed by atoms with Crippen molar-refractivity contribution < 1.29 is 23.8 Å². The lowest BCUT2D eigenvalue weighted by Gasteiger charge is -2.22. The smallest absolute Gasteiger partial charge is 0.301 e. The van der Waals surface area contributed by atoms with E-state index in [4.69, 9.17) is 4.74 Å². The van der Waals surface area contributed by atoms with E-state index in [2.05, 4.69) is 17.1 Å². The molecule has 1 aliphatic heterocycles. The molecule has 0 saturated carbocycles. The molecule has 3 aromatic carbocycles. The molecule has 7 nitrogen and oxygen atoms in total. The van der Waals surface area contributed by atoms with Crippen molar-refractivity contribution >= 4 is 45.7 Å². The SMILES string of the molecule is CCCCOc1ccc(C(O)=C2C(=O)C(=O)N(c3nnc(SCc4ccc(C)cc4)s3)C2c2ccc(F)cc2)cc1. The van der Waals surface area contributed by atoms with Gasteiger partial charge in [-0.25, -0.2) is 4.39 Å². The van der Waals surface area contributed by atoms with Gasteiger partial charge in [0, 0.05) is 11.3 Å². The van der Waals surface area contributed by atoms with Crippen molar-refractivity contribution in [2.45, 2.75) is 42.8 Å². The molecule has 5 rings (SSSR count). The summed E-state index contributed by atoms with van der Waals surface area (Å²) in [6.07, 6.45) is 1.92. The predicted molar refractivity (Wildman–Crippen MR) is 159 cm³/mol. The molecule has 4 aromatic rings. The molecular formula is C31H28FN3O4S2. The van der Waals surface area contributed by atoms with Gasteiger partial charge in [-0.3, -0.25) is 14.5 Å². The van der Waals surface area contributed by atoms with E-state index < -0.39 is 23.5 Å². The molecule has 1 N–H and O–H groups in total. The van der Waals surface area contributed by atoms with Crippen LogP contribution < -0.4 is 9.64 Å². The minimum atomic E-state index is -1.01. The predicted octanol–water partition coefficient (Wildman–Crippen LogP) is 7.08. The number of hydrogen-bond donors (Lipinski definition) is 1. The molecule has 1 saturated heterocycles. The number of nitrogens with zero attached hydrogens (tertiary/aromatic N) is 3. The highest BCUT2D eigenvalue weighted by atomic mass is 32.2. The zero-order valence-electron chi connectivity index (χ0n) is 22.5. The Hall–Kier alpha value is -4.02. The van der Waals surface area contributed by atoms with Crippen molar-refractivity contribution in [1.82, 2.24) is 10.2 Å². The average Bonchev–Trinajstić information content (AvgIpc) is 3.55. The number of anilines is 1. The Bertz CT molecular complexity index is 1570. The number of thioether (sulfide) groups is 1. The lowest BCUT2D eigenvalue weighted by Crippen LogP contribution is -2.29. The Kier molecular flexibility index (Phi) is 8.80. The number of unbranched alkanes of at least 4 members (excludes halogenated alkanes) is 1. The summed E-state index contributed by atoms with van der Waals surface area (Å²) in [5, 5.41) is 20.0. The van der Waals surface area contributed by atoms with Gasteiger partial charge in [0.15, 0.2) is 4.34 Å². The van der Waals surface area contributed by atoms with Gasteiger partial charge in [-0.2, -0.15) is 0 Å². The van der Waals surface area contributed by atoms with Gasteiger partial charge in [-0.05, 0) is 60.9 Å². The zero-order chi connectivity index (χ0) is 28.9. The first-order valence-electron chi connectivity index (χ1n) is 13.2. The van der Waals surface area contributed by atoms with E-state index in [1.807, 2.05) is 31.2 Å². The molecule has 1 atom stereocenters. The van der Waals surface area contributed by atoms with Gasteiger partial charge in [0.1, 0.15) is 17.3 Å². The maximum atomic E-state index is 13.8. The molecule has 1 aliphatic rings. The first kappa shape index (κ1) is 28.5. The molecule has 0 aliphatic carbocycles. The fourth-order valence-electron chi connectivity index (χ4n) is 4.38. The van der Waals surface area contributed by atoms with Gasteiger partial charge in [-0.15, -0.1) is 10.2 Å². The molecule has 0 radical (unpaired) electrons. The average molecular weight is 590 g/mol. The molecule has 1 unspecified atom stereocenters. The molecule has 0 spiro atoms. The summed E-state index contributed by atoms with van der Waals surface area (Å²) in [5.74, 6) is -1.20.